The molecule has 0 aliphatic carbocycles. The molecule has 44 heavy (non-hydrogen) atoms. The van der Waals surface area contributed by atoms with E-state index >= 15 is 0 Å². The van der Waals surface area contributed by atoms with Crippen molar-refractivity contribution in [3.05, 3.63) is 107 Å². The Bertz CT molecular complexity index is 1300. The maximum atomic E-state index is 14.6. The second-order valence-electron chi connectivity index (χ2n) is 12.4. The van der Waals surface area contributed by atoms with Crippen molar-refractivity contribution in [3.8, 4) is 0 Å². The Balaban J connectivity index is 2.00. The van der Waals surface area contributed by atoms with Crippen molar-refractivity contribution >= 4 is 17.9 Å². The van der Waals surface area contributed by atoms with Crippen LogP contribution in [0.3, 0.4) is 0 Å². The third-order valence-corrected chi connectivity index (χ3v) is 7.32. The van der Waals surface area contributed by atoms with E-state index in [0.717, 1.165) is 54.4 Å². The van der Waals surface area contributed by atoms with Gasteiger partial charge in [0.1, 0.15) is 17.7 Å². The molecule has 7 nitrogen and oxygen atoms in total. The lowest BCUT2D eigenvalue weighted by atomic mass is 9.99. The van der Waals surface area contributed by atoms with Gasteiger partial charge in [0.2, 0.25) is 11.8 Å². The first-order valence-electron chi connectivity index (χ1n) is 15.8. The first-order chi connectivity index (χ1) is 21.1. The Morgan fingerprint density at radius 1 is 0.795 bits per heavy atom. The van der Waals surface area contributed by atoms with Crippen LogP contribution < -0.4 is 10.6 Å². The first-order valence-corrected chi connectivity index (χ1v) is 15.8. The Morgan fingerprint density at radius 3 is 1.98 bits per heavy atom. The molecular formula is C37H49N3O4. The zero-order valence-corrected chi connectivity index (χ0v) is 27.0. The fourth-order valence-corrected chi connectivity index (χ4v) is 5.06. The Labute approximate surface area is 263 Å². The van der Waals surface area contributed by atoms with Gasteiger partial charge in [0, 0.05) is 19.5 Å². The topological polar surface area (TPSA) is 87.7 Å². The maximum Gasteiger partial charge on any atom is 0.408 e. The van der Waals surface area contributed by atoms with E-state index in [0.29, 0.717) is 13.1 Å². The highest BCUT2D eigenvalue weighted by molar-refractivity contribution is 5.92. The molecule has 0 bridgehead atoms. The van der Waals surface area contributed by atoms with Gasteiger partial charge in [-0.1, -0.05) is 123 Å². The van der Waals surface area contributed by atoms with E-state index in [1.807, 2.05) is 91.9 Å². The third kappa shape index (κ3) is 11.5. The summed E-state index contributed by atoms with van der Waals surface area (Å²) in [6.07, 6.45) is 4.54. The van der Waals surface area contributed by atoms with Crippen molar-refractivity contribution in [3.63, 3.8) is 0 Å². The van der Waals surface area contributed by atoms with E-state index in [1.165, 1.54) is 0 Å². The molecule has 2 N–H and O–H groups in total. The molecule has 3 rings (SSSR count). The number of nitrogens with zero attached hydrogens (tertiary/aromatic N) is 1. The summed E-state index contributed by atoms with van der Waals surface area (Å²) in [5, 5.41) is 5.91. The first kappa shape index (κ1) is 34.4. The number of hydrogen-bond donors (Lipinski definition) is 2. The van der Waals surface area contributed by atoms with Gasteiger partial charge in [-0.25, -0.2) is 4.79 Å². The van der Waals surface area contributed by atoms with Crippen LogP contribution in [0.25, 0.3) is 0 Å². The van der Waals surface area contributed by atoms with Crippen LogP contribution in [0.2, 0.25) is 0 Å². The minimum atomic E-state index is -0.933. The highest BCUT2D eigenvalue weighted by Crippen LogP contribution is 2.25. The summed E-state index contributed by atoms with van der Waals surface area (Å²) in [4.78, 5) is 43.3. The molecule has 0 spiro atoms. The second-order valence-corrected chi connectivity index (χ2v) is 12.4. The molecule has 236 valence electrons. The average molecular weight is 600 g/mol. The molecule has 0 fully saturated rings. The fraction of sp³-hybridized carbons (Fsp3) is 0.432. The van der Waals surface area contributed by atoms with Crippen LogP contribution in [0.4, 0.5) is 4.79 Å². The molecule has 0 aliphatic heterocycles. The van der Waals surface area contributed by atoms with Crippen LogP contribution in [-0.4, -0.2) is 41.0 Å². The van der Waals surface area contributed by atoms with Crippen molar-refractivity contribution in [2.24, 2.45) is 0 Å². The molecule has 7 heteroatoms. The number of aryl methyl sites for hydroxylation is 1. The van der Waals surface area contributed by atoms with Crippen LogP contribution in [0.5, 0.6) is 0 Å². The van der Waals surface area contributed by atoms with Crippen molar-refractivity contribution in [1.29, 1.82) is 0 Å². The maximum absolute atomic E-state index is 14.6. The molecule has 3 amide bonds. The summed E-state index contributed by atoms with van der Waals surface area (Å²) in [6.45, 7) is 10.2. The van der Waals surface area contributed by atoms with Crippen molar-refractivity contribution in [2.75, 3.05) is 6.54 Å². The quantitative estimate of drug-likeness (QED) is 0.180. The zero-order chi connectivity index (χ0) is 32.0. The van der Waals surface area contributed by atoms with E-state index in [2.05, 4.69) is 17.6 Å². The van der Waals surface area contributed by atoms with E-state index < -0.39 is 23.8 Å². The standard InChI is InChI=1S/C37H49N3O4/c1-6-7-8-9-16-25-40(35(42)32(26-29-17-12-10-13-18-29)39-36(43)44-37(3,4)5)33(31-23-21-28(2)22-24-31)34(41)38-27-30-19-14-11-15-20-30/h10-15,17-24,32-33H,6-9,16,25-27H2,1-5H3,(H,38,41)(H,39,43). The number of carbonyl (C=O) groups is 3. The number of carbonyl (C=O) groups excluding carboxylic acids is 3. The smallest absolute Gasteiger partial charge is 0.408 e. The summed E-state index contributed by atoms with van der Waals surface area (Å²) in [5.41, 5.74) is 2.91. The average Bonchev–Trinajstić information content (AvgIpc) is 2.99. The summed E-state index contributed by atoms with van der Waals surface area (Å²) in [5.74, 6) is -0.592. The van der Waals surface area contributed by atoms with Crippen LogP contribution >= 0.6 is 0 Å². The fourth-order valence-electron chi connectivity index (χ4n) is 5.06. The lowest BCUT2D eigenvalue weighted by Gasteiger charge is -2.35. The van der Waals surface area contributed by atoms with Gasteiger partial charge in [0.15, 0.2) is 0 Å². The second kappa shape index (κ2) is 17.2. The van der Waals surface area contributed by atoms with Crippen molar-refractivity contribution in [2.45, 2.75) is 97.4 Å². The number of benzene rings is 3. The van der Waals surface area contributed by atoms with Crippen LogP contribution in [0.1, 0.15) is 88.1 Å². The van der Waals surface area contributed by atoms with Gasteiger partial charge in [-0.3, -0.25) is 9.59 Å². The van der Waals surface area contributed by atoms with Crippen LogP contribution in [-0.2, 0) is 27.3 Å². The lowest BCUT2D eigenvalue weighted by molar-refractivity contribution is -0.142. The predicted molar refractivity (Wildman–Crippen MR) is 176 cm³/mol. The SMILES string of the molecule is CCCCCCCN(C(=O)C(Cc1ccccc1)NC(=O)OC(C)(C)C)C(C(=O)NCc1ccccc1)c1ccc(C)cc1. The Hall–Kier alpha value is -4.13. The highest BCUT2D eigenvalue weighted by Gasteiger charge is 2.36. The lowest BCUT2D eigenvalue weighted by Crippen LogP contribution is -2.54. The monoisotopic (exact) mass is 599 g/mol. The van der Waals surface area contributed by atoms with Gasteiger partial charge in [-0.05, 0) is 50.8 Å². The molecule has 0 radical (unpaired) electrons. The summed E-state index contributed by atoms with van der Waals surface area (Å²) in [7, 11) is 0. The number of alkyl carbamates (subject to hydrolysis) is 1. The summed E-state index contributed by atoms with van der Waals surface area (Å²) < 4.78 is 5.55. The normalized spacial score (nSPS) is 12.6. The van der Waals surface area contributed by atoms with Gasteiger partial charge in [-0.15, -0.1) is 0 Å². The van der Waals surface area contributed by atoms with E-state index in [-0.39, 0.29) is 18.2 Å². The molecule has 0 saturated carbocycles. The molecule has 2 unspecified atom stereocenters. The van der Waals surface area contributed by atoms with Gasteiger partial charge < -0.3 is 20.3 Å². The van der Waals surface area contributed by atoms with Gasteiger partial charge in [-0.2, -0.15) is 0 Å². The molecule has 0 saturated heterocycles. The third-order valence-electron chi connectivity index (χ3n) is 7.32. The number of nitrogens with one attached hydrogen (secondary N) is 2. The number of unbranched alkanes of at least 4 members (excludes halogenated alkanes) is 4. The van der Waals surface area contributed by atoms with Gasteiger partial charge >= 0.3 is 6.09 Å². The summed E-state index contributed by atoms with van der Waals surface area (Å²) >= 11 is 0. The van der Waals surface area contributed by atoms with Crippen molar-refractivity contribution < 1.29 is 19.1 Å². The number of hydrogen-bond acceptors (Lipinski definition) is 4. The molecule has 0 aliphatic rings. The number of ether oxygens (including phenoxy) is 1. The molecule has 3 aromatic rings. The molecule has 2 atom stereocenters. The zero-order valence-electron chi connectivity index (χ0n) is 27.0. The minimum absolute atomic E-state index is 0.261. The molecule has 3 aromatic carbocycles. The van der Waals surface area contributed by atoms with E-state index in [4.69, 9.17) is 4.74 Å². The minimum Gasteiger partial charge on any atom is -0.444 e. The van der Waals surface area contributed by atoms with E-state index in [9.17, 15) is 14.4 Å². The van der Waals surface area contributed by atoms with Crippen LogP contribution in [0.15, 0.2) is 84.9 Å². The predicted octanol–water partition coefficient (Wildman–Crippen LogP) is 7.29. The van der Waals surface area contributed by atoms with Crippen LogP contribution in [0, 0.1) is 6.92 Å². The summed E-state index contributed by atoms with van der Waals surface area (Å²) in [6, 6.07) is 25.2. The number of rotatable bonds is 15. The highest BCUT2D eigenvalue weighted by atomic mass is 16.6. The van der Waals surface area contributed by atoms with Gasteiger partial charge in [0.25, 0.3) is 0 Å². The molecular weight excluding hydrogens is 550 g/mol. The number of amides is 3. The Morgan fingerprint density at radius 2 is 1.39 bits per heavy atom. The molecule has 0 heterocycles. The molecule has 0 aromatic heterocycles. The van der Waals surface area contributed by atoms with Crippen molar-refractivity contribution in [1.82, 2.24) is 15.5 Å². The largest absolute Gasteiger partial charge is 0.444 e. The van der Waals surface area contributed by atoms with E-state index in [1.54, 1.807) is 25.7 Å². The Kier molecular flexibility index (Phi) is 13.5. The van der Waals surface area contributed by atoms with Gasteiger partial charge in [0.05, 0.1) is 0 Å².